The fourth-order valence-corrected chi connectivity index (χ4v) is 0.308. The number of hydrogen-bond acceptors (Lipinski definition) is 4. The van der Waals surface area contributed by atoms with Crippen molar-refractivity contribution in [3.8, 4) is 0 Å². The highest BCUT2D eigenvalue weighted by molar-refractivity contribution is 5.72. The molecule has 0 amide bonds. The number of hydrogen-bond donors (Lipinski definition) is 2. The standard InChI is InChI=1S/C5H10O4/c1-3(4(6)7)5(8)9-2/h3-4,6-7H,1-2H3. The maximum Gasteiger partial charge on any atom is 0.313 e. The lowest BCUT2D eigenvalue weighted by atomic mass is 10.2. The molecule has 4 heteroatoms. The lowest BCUT2D eigenvalue weighted by Crippen LogP contribution is -2.25. The van der Waals surface area contributed by atoms with Gasteiger partial charge in [0, 0.05) is 0 Å². The number of rotatable bonds is 2. The SMILES string of the molecule is COC(=O)C(C)C(O)O. The maximum absolute atomic E-state index is 10.4. The van der Waals surface area contributed by atoms with Crippen molar-refractivity contribution < 1.29 is 19.7 Å². The van der Waals surface area contributed by atoms with Crippen molar-refractivity contribution in [3.05, 3.63) is 0 Å². The summed E-state index contributed by atoms with van der Waals surface area (Å²) in [7, 11) is 1.20. The van der Waals surface area contributed by atoms with Crippen LogP contribution in [-0.2, 0) is 9.53 Å². The van der Waals surface area contributed by atoms with Gasteiger partial charge < -0.3 is 14.9 Å². The van der Waals surface area contributed by atoms with Gasteiger partial charge in [-0.2, -0.15) is 0 Å². The minimum Gasteiger partial charge on any atom is -0.469 e. The summed E-state index contributed by atoms with van der Waals surface area (Å²) in [4.78, 5) is 10.4. The molecule has 54 valence electrons. The van der Waals surface area contributed by atoms with Crippen LogP contribution < -0.4 is 0 Å². The van der Waals surface area contributed by atoms with Gasteiger partial charge in [0.2, 0.25) is 0 Å². The number of carbonyl (C=O) groups excluding carboxylic acids is 1. The van der Waals surface area contributed by atoms with Gasteiger partial charge in [-0.15, -0.1) is 0 Å². The monoisotopic (exact) mass is 134 g/mol. The number of esters is 1. The van der Waals surface area contributed by atoms with Crippen LogP contribution >= 0.6 is 0 Å². The molecule has 0 aromatic heterocycles. The second-order valence-electron chi connectivity index (χ2n) is 1.73. The third-order valence-corrected chi connectivity index (χ3v) is 1.02. The zero-order chi connectivity index (χ0) is 7.44. The van der Waals surface area contributed by atoms with Crippen LogP contribution in [0.1, 0.15) is 6.92 Å². The first-order valence-electron chi connectivity index (χ1n) is 2.53. The Balaban J connectivity index is 3.72. The van der Waals surface area contributed by atoms with Gasteiger partial charge in [0.1, 0.15) is 5.92 Å². The minimum absolute atomic E-state index is 0.620. The van der Waals surface area contributed by atoms with E-state index in [2.05, 4.69) is 4.74 Å². The molecule has 9 heavy (non-hydrogen) atoms. The second kappa shape index (κ2) is 3.42. The Morgan fingerprint density at radius 3 is 2.11 bits per heavy atom. The molecular formula is C5H10O4. The lowest BCUT2D eigenvalue weighted by Gasteiger charge is -2.09. The quantitative estimate of drug-likeness (QED) is 0.379. The van der Waals surface area contributed by atoms with Crippen LogP contribution in [0.15, 0.2) is 0 Å². The highest BCUT2D eigenvalue weighted by Crippen LogP contribution is 2.00. The molecule has 0 spiro atoms. The number of aliphatic hydroxyl groups excluding tert-OH is 1. The third-order valence-electron chi connectivity index (χ3n) is 1.02. The second-order valence-corrected chi connectivity index (χ2v) is 1.73. The Morgan fingerprint density at radius 2 is 2.00 bits per heavy atom. The Kier molecular flexibility index (Phi) is 3.19. The Labute approximate surface area is 53.1 Å². The summed E-state index contributed by atoms with van der Waals surface area (Å²) in [5.74, 6) is -1.49. The highest BCUT2D eigenvalue weighted by Gasteiger charge is 2.19. The summed E-state index contributed by atoms with van der Waals surface area (Å²) < 4.78 is 4.21. The molecule has 0 aliphatic rings. The van der Waals surface area contributed by atoms with Crippen LogP contribution in [0, 0.1) is 5.92 Å². The number of aliphatic hydroxyl groups is 2. The zero-order valence-corrected chi connectivity index (χ0v) is 5.37. The Hall–Kier alpha value is -0.610. The minimum atomic E-state index is -1.63. The van der Waals surface area contributed by atoms with Crippen molar-refractivity contribution in [1.29, 1.82) is 0 Å². The molecule has 1 unspecified atom stereocenters. The molecule has 0 aromatic carbocycles. The molecule has 0 aromatic rings. The van der Waals surface area contributed by atoms with E-state index in [-0.39, 0.29) is 0 Å². The lowest BCUT2D eigenvalue weighted by molar-refractivity contribution is -0.160. The molecule has 0 heterocycles. The molecule has 0 rings (SSSR count). The van der Waals surface area contributed by atoms with E-state index in [0.717, 1.165) is 0 Å². The van der Waals surface area contributed by atoms with E-state index < -0.39 is 18.2 Å². The average molecular weight is 134 g/mol. The summed E-state index contributed by atoms with van der Waals surface area (Å²) >= 11 is 0. The topological polar surface area (TPSA) is 66.8 Å². The molecule has 0 aliphatic heterocycles. The molecule has 0 bridgehead atoms. The van der Waals surface area contributed by atoms with E-state index in [4.69, 9.17) is 10.2 Å². The van der Waals surface area contributed by atoms with Crippen LogP contribution in [0.4, 0.5) is 0 Å². The van der Waals surface area contributed by atoms with Crippen molar-refractivity contribution in [3.63, 3.8) is 0 Å². The average Bonchev–Trinajstić information content (AvgIpc) is 1.84. The van der Waals surface area contributed by atoms with Crippen LogP contribution in [0.5, 0.6) is 0 Å². The summed E-state index contributed by atoms with van der Waals surface area (Å²) in [5.41, 5.74) is 0. The first-order valence-corrected chi connectivity index (χ1v) is 2.53. The van der Waals surface area contributed by atoms with E-state index in [1.54, 1.807) is 0 Å². The normalized spacial score (nSPS) is 13.4. The van der Waals surface area contributed by atoms with E-state index in [1.807, 2.05) is 0 Å². The van der Waals surface area contributed by atoms with Gasteiger partial charge in [0.15, 0.2) is 6.29 Å². The highest BCUT2D eigenvalue weighted by atomic mass is 16.5. The molecule has 0 fully saturated rings. The molecule has 1 atom stereocenters. The fourth-order valence-electron chi connectivity index (χ4n) is 0.308. The molecule has 0 aliphatic carbocycles. The van der Waals surface area contributed by atoms with E-state index in [1.165, 1.54) is 14.0 Å². The first kappa shape index (κ1) is 8.39. The van der Waals surface area contributed by atoms with Gasteiger partial charge in [0.05, 0.1) is 7.11 Å². The molecule has 2 N–H and O–H groups in total. The van der Waals surface area contributed by atoms with E-state index in [9.17, 15) is 4.79 Å². The predicted octanol–water partition coefficient (Wildman–Crippen LogP) is -0.894. The number of carbonyl (C=O) groups is 1. The summed E-state index contributed by atoms with van der Waals surface area (Å²) in [6, 6.07) is 0. The molecule has 0 saturated heterocycles. The largest absolute Gasteiger partial charge is 0.469 e. The van der Waals surface area contributed by atoms with Gasteiger partial charge in [0.25, 0.3) is 0 Å². The van der Waals surface area contributed by atoms with Crippen molar-refractivity contribution in [2.45, 2.75) is 13.2 Å². The predicted molar refractivity (Wildman–Crippen MR) is 29.4 cm³/mol. The van der Waals surface area contributed by atoms with Crippen molar-refractivity contribution >= 4 is 5.97 Å². The smallest absolute Gasteiger partial charge is 0.313 e. The number of methoxy groups -OCH3 is 1. The van der Waals surface area contributed by atoms with Gasteiger partial charge >= 0.3 is 5.97 Å². The zero-order valence-electron chi connectivity index (χ0n) is 5.37. The van der Waals surface area contributed by atoms with E-state index >= 15 is 0 Å². The van der Waals surface area contributed by atoms with Gasteiger partial charge in [-0.1, -0.05) is 0 Å². The maximum atomic E-state index is 10.4. The van der Waals surface area contributed by atoms with Crippen LogP contribution in [-0.4, -0.2) is 29.6 Å². The molecule has 0 saturated carbocycles. The number of ether oxygens (including phenoxy) is 1. The first-order chi connectivity index (χ1) is 4.09. The molecule has 0 radical (unpaired) electrons. The summed E-state index contributed by atoms with van der Waals surface area (Å²) in [5, 5.41) is 16.8. The van der Waals surface area contributed by atoms with Gasteiger partial charge in [-0.3, -0.25) is 4.79 Å². The third kappa shape index (κ3) is 2.43. The fraction of sp³-hybridized carbons (Fsp3) is 0.800. The van der Waals surface area contributed by atoms with E-state index in [0.29, 0.717) is 0 Å². The van der Waals surface area contributed by atoms with Crippen molar-refractivity contribution in [1.82, 2.24) is 0 Å². The van der Waals surface area contributed by atoms with Gasteiger partial charge in [-0.25, -0.2) is 0 Å². The van der Waals surface area contributed by atoms with Crippen LogP contribution in [0.2, 0.25) is 0 Å². The van der Waals surface area contributed by atoms with Gasteiger partial charge in [-0.05, 0) is 6.92 Å². The van der Waals surface area contributed by atoms with Crippen molar-refractivity contribution in [2.75, 3.05) is 7.11 Å². The molecule has 4 nitrogen and oxygen atoms in total. The van der Waals surface area contributed by atoms with Crippen LogP contribution in [0.25, 0.3) is 0 Å². The van der Waals surface area contributed by atoms with Crippen molar-refractivity contribution in [2.24, 2.45) is 5.92 Å². The Morgan fingerprint density at radius 1 is 1.56 bits per heavy atom. The summed E-state index contributed by atoms with van der Waals surface area (Å²) in [6.07, 6.45) is -1.63. The van der Waals surface area contributed by atoms with Crippen LogP contribution in [0.3, 0.4) is 0 Å². The summed E-state index contributed by atoms with van der Waals surface area (Å²) in [6.45, 7) is 1.37. The Bertz CT molecular complexity index is 99.1. The molecular weight excluding hydrogens is 124 g/mol.